The van der Waals surface area contributed by atoms with Gasteiger partial charge in [0, 0.05) is 12.5 Å². The largest absolute Gasteiger partial charge is 0.496 e. The first-order valence-corrected chi connectivity index (χ1v) is 9.59. The van der Waals surface area contributed by atoms with E-state index in [0.717, 1.165) is 22.4 Å². The minimum atomic E-state index is -0.453. The van der Waals surface area contributed by atoms with Gasteiger partial charge in [-0.15, -0.1) is 0 Å². The van der Waals surface area contributed by atoms with E-state index < -0.39 is 6.04 Å². The summed E-state index contributed by atoms with van der Waals surface area (Å²) in [6.45, 7) is 3.62. The third-order valence-electron chi connectivity index (χ3n) is 4.76. The number of nitrogens with zero attached hydrogens (tertiary/aromatic N) is 1. The van der Waals surface area contributed by atoms with Crippen molar-refractivity contribution in [3.05, 3.63) is 92.9 Å². The van der Waals surface area contributed by atoms with Gasteiger partial charge in [0.15, 0.2) is 0 Å². The molecule has 0 aliphatic carbocycles. The lowest BCUT2D eigenvalue weighted by atomic mass is 10.0. The lowest BCUT2D eigenvalue weighted by molar-refractivity contribution is -0.121. The number of nitrogens with one attached hydrogen (secondary N) is 2. The summed E-state index contributed by atoms with van der Waals surface area (Å²) >= 11 is 0. The molecule has 1 amide bonds. The Bertz CT molecular complexity index is 1090. The minimum Gasteiger partial charge on any atom is -0.496 e. The summed E-state index contributed by atoms with van der Waals surface area (Å²) in [4.78, 5) is 31.5. The predicted octanol–water partition coefficient (Wildman–Crippen LogP) is 3.18. The molecule has 1 heterocycles. The van der Waals surface area contributed by atoms with Crippen LogP contribution in [0.2, 0.25) is 0 Å². The zero-order chi connectivity index (χ0) is 21.7. The van der Waals surface area contributed by atoms with Crippen LogP contribution in [0, 0.1) is 19.7 Å². The highest BCUT2D eigenvalue weighted by atomic mass is 19.1. The van der Waals surface area contributed by atoms with E-state index in [9.17, 15) is 14.0 Å². The van der Waals surface area contributed by atoms with E-state index >= 15 is 0 Å². The number of rotatable bonds is 7. The SMILES string of the molecule is COc1ccc(CC(=O)NC(Cc2cc(=O)[nH]c(C)n2)c2ccc(F)cc2)cc1C. The molecule has 0 saturated carbocycles. The molecular formula is C23H24FN3O3. The molecule has 0 aliphatic heterocycles. The fourth-order valence-corrected chi connectivity index (χ4v) is 3.38. The highest BCUT2D eigenvalue weighted by Gasteiger charge is 2.17. The van der Waals surface area contributed by atoms with Gasteiger partial charge in [0.25, 0.3) is 5.56 Å². The van der Waals surface area contributed by atoms with Crippen molar-refractivity contribution in [2.24, 2.45) is 0 Å². The van der Waals surface area contributed by atoms with Crippen LogP contribution in [0.25, 0.3) is 0 Å². The summed E-state index contributed by atoms with van der Waals surface area (Å²) in [5, 5.41) is 2.99. The molecular weight excluding hydrogens is 385 g/mol. The van der Waals surface area contributed by atoms with Gasteiger partial charge in [0.1, 0.15) is 17.4 Å². The molecule has 1 unspecified atom stereocenters. The van der Waals surface area contributed by atoms with Crippen LogP contribution in [0.5, 0.6) is 5.75 Å². The Kier molecular flexibility index (Phi) is 6.61. The summed E-state index contributed by atoms with van der Waals surface area (Å²) in [5.74, 6) is 0.715. The van der Waals surface area contributed by atoms with Crippen LogP contribution in [0.15, 0.2) is 53.3 Å². The van der Waals surface area contributed by atoms with Crippen LogP contribution in [-0.4, -0.2) is 23.0 Å². The van der Waals surface area contributed by atoms with E-state index in [1.54, 1.807) is 26.2 Å². The van der Waals surface area contributed by atoms with Crippen LogP contribution < -0.4 is 15.6 Å². The molecule has 3 aromatic rings. The molecule has 1 atom stereocenters. The van der Waals surface area contributed by atoms with Gasteiger partial charge in [-0.1, -0.05) is 24.3 Å². The highest BCUT2D eigenvalue weighted by molar-refractivity contribution is 5.79. The second-order valence-electron chi connectivity index (χ2n) is 7.18. The Labute approximate surface area is 174 Å². The molecule has 2 N–H and O–H groups in total. The van der Waals surface area contributed by atoms with Crippen molar-refractivity contribution < 1.29 is 13.9 Å². The number of carbonyl (C=O) groups excluding carboxylic acids is 1. The van der Waals surface area contributed by atoms with Crippen molar-refractivity contribution in [1.29, 1.82) is 0 Å². The molecule has 156 valence electrons. The maximum Gasteiger partial charge on any atom is 0.251 e. The summed E-state index contributed by atoms with van der Waals surface area (Å²) in [5.41, 5.74) is 2.83. The first-order chi connectivity index (χ1) is 14.3. The van der Waals surface area contributed by atoms with E-state index in [0.29, 0.717) is 17.9 Å². The summed E-state index contributed by atoms with van der Waals surface area (Å²) in [6, 6.07) is 12.5. The van der Waals surface area contributed by atoms with Crippen molar-refractivity contribution in [3.8, 4) is 5.75 Å². The molecule has 3 rings (SSSR count). The Morgan fingerprint density at radius 1 is 1.17 bits per heavy atom. The Hall–Kier alpha value is -3.48. The quantitative estimate of drug-likeness (QED) is 0.628. The monoisotopic (exact) mass is 409 g/mol. The van der Waals surface area contributed by atoms with Gasteiger partial charge in [-0.2, -0.15) is 0 Å². The van der Waals surface area contributed by atoms with Crippen molar-refractivity contribution in [2.45, 2.75) is 32.7 Å². The second-order valence-corrected chi connectivity index (χ2v) is 7.18. The van der Waals surface area contributed by atoms with Crippen LogP contribution >= 0.6 is 0 Å². The summed E-state index contributed by atoms with van der Waals surface area (Å²) in [6.07, 6.45) is 0.494. The number of methoxy groups -OCH3 is 1. The van der Waals surface area contributed by atoms with Gasteiger partial charge in [-0.25, -0.2) is 9.37 Å². The Morgan fingerprint density at radius 3 is 2.53 bits per heavy atom. The van der Waals surface area contributed by atoms with Gasteiger partial charge in [0.05, 0.1) is 25.3 Å². The smallest absolute Gasteiger partial charge is 0.251 e. The molecule has 30 heavy (non-hydrogen) atoms. The van der Waals surface area contributed by atoms with Crippen LogP contribution in [-0.2, 0) is 17.6 Å². The predicted molar refractivity (Wildman–Crippen MR) is 112 cm³/mol. The molecule has 0 saturated heterocycles. The summed E-state index contributed by atoms with van der Waals surface area (Å²) < 4.78 is 18.6. The number of H-pyrrole nitrogens is 1. The number of hydrogen-bond donors (Lipinski definition) is 2. The van der Waals surface area contributed by atoms with Gasteiger partial charge in [-0.05, 0) is 48.7 Å². The number of aromatic amines is 1. The lowest BCUT2D eigenvalue weighted by Gasteiger charge is -2.19. The van der Waals surface area contributed by atoms with Crippen molar-refractivity contribution in [1.82, 2.24) is 15.3 Å². The van der Waals surface area contributed by atoms with Crippen LogP contribution in [0.4, 0.5) is 4.39 Å². The van der Waals surface area contributed by atoms with E-state index in [4.69, 9.17) is 4.74 Å². The Balaban J connectivity index is 1.80. The van der Waals surface area contributed by atoms with E-state index in [2.05, 4.69) is 15.3 Å². The maximum absolute atomic E-state index is 13.4. The summed E-state index contributed by atoms with van der Waals surface area (Å²) in [7, 11) is 1.60. The molecule has 0 bridgehead atoms. The first-order valence-electron chi connectivity index (χ1n) is 9.59. The van der Waals surface area contributed by atoms with Crippen molar-refractivity contribution in [3.63, 3.8) is 0 Å². The molecule has 0 radical (unpaired) electrons. The van der Waals surface area contributed by atoms with Gasteiger partial charge in [0.2, 0.25) is 5.91 Å². The highest BCUT2D eigenvalue weighted by Crippen LogP contribution is 2.21. The van der Waals surface area contributed by atoms with Gasteiger partial charge >= 0.3 is 0 Å². The number of carbonyl (C=O) groups is 1. The molecule has 0 spiro atoms. The zero-order valence-corrected chi connectivity index (χ0v) is 17.2. The molecule has 6 nitrogen and oxygen atoms in total. The standard InChI is InChI=1S/C23H24FN3O3/c1-14-10-16(4-9-21(14)30-3)11-22(28)27-20(17-5-7-18(24)8-6-17)12-19-13-23(29)26-15(2)25-19/h4-10,13,20H,11-12H2,1-3H3,(H,27,28)(H,25,26,29). The van der Waals surface area contributed by atoms with E-state index in [1.165, 1.54) is 18.2 Å². The molecule has 1 aromatic heterocycles. The number of amides is 1. The maximum atomic E-state index is 13.4. The first kappa shape index (κ1) is 21.2. The van der Waals surface area contributed by atoms with Crippen molar-refractivity contribution in [2.75, 3.05) is 7.11 Å². The molecule has 0 fully saturated rings. The van der Waals surface area contributed by atoms with Gasteiger partial charge in [-0.3, -0.25) is 9.59 Å². The number of hydrogen-bond acceptors (Lipinski definition) is 4. The van der Waals surface area contributed by atoms with E-state index in [1.807, 2.05) is 25.1 Å². The number of aromatic nitrogens is 2. The van der Waals surface area contributed by atoms with Crippen LogP contribution in [0.1, 0.15) is 34.3 Å². The van der Waals surface area contributed by atoms with Crippen LogP contribution in [0.3, 0.4) is 0 Å². The second kappa shape index (κ2) is 9.35. The molecule has 7 heteroatoms. The van der Waals surface area contributed by atoms with Gasteiger partial charge < -0.3 is 15.0 Å². The normalized spacial score (nSPS) is 11.7. The lowest BCUT2D eigenvalue weighted by Crippen LogP contribution is -2.31. The number of aryl methyl sites for hydroxylation is 2. The number of benzene rings is 2. The van der Waals surface area contributed by atoms with E-state index in [-0.39, 0.29) is 23.7 Å². The van der Waals surface area contributed by atoms with Crippen molar-refractivity contribution >= 4 is 5.91 Å². The fourth-order valence-electron chi connectivity index (χ4n) is 3.38. The molecule has 0 aliphatic rings. The Morgan fingerprint density at radius 2 is 1.90 bits per heavy atom. The fraction of sp³-hybridized carbons (Fsp3) is 0.261. The average Bonchev–Trinajstić information content (AvgIpc) is 2.67. The third kappa shape index (κ3) is 5.53. The minimum absolute atomic E-state index is 0.185. The zero-order valence-electron chi connectivity index (χ0n) is 17.2. The average molecular weight is 409 g/mol. The third-order valence-corrected chi connectivity index (χ3v) is 4.76. The molecule has 2 aromatic carbocycles. The number of halogens is 1. The topological polar surface area (TPSA) is 84.1 Å². The number of ether oxygens (including phenoxy) is 1.